The van der Waals surface area contributed by atoms with Gasteiger partial charge in [0, 0.05) is 6.61 Å². The lowest BCUT2D eigenvalue weighted by Crippen LogP contribution is -2.14. The molecular weight excluding hydrogens is 304 g/mol. The van der Waals surface area contributed by atoms with Gasteiger partial charge in [-0.05, 0) is 24.5 Å². The van der Waals surface area contributed by atoms with Gasteiger partial charge in [-0.15, -0.1) is 0 Å². The fourth-order valence-electron chi connectivity index (χ4n) is 1.46. The third kappa shape index (κ3) is 5.94. The van der Waals surface area contributed by atoms with Crippen LogP contribution in [0, 0.1) is 17.6 Å². The Bertz CT molecular complexity index is 553. The van der Waals surface area contributed by atoms with Gasteiger partial charge in [0.25, 0.3) is 0 Å². The van der Waals surface area contributed by atoms with E-state index in [1.165, 1.54) is 0 Å². The van der Waals surface area contributed by atoms with Crippen molar-refractivity contribution >= 4 is 10.0 Å². The molecule has 0 aromatic heterocycles. The van der Waals surface area contributed by atoms with Crippen LogP contribution in [0.3, 0.4) is 0 Å². The standard InChI is InChI=1S/C13H19F2NO4S/c1-9(2)3-4-19-5-6-20-13-11(14)7-10(8-12(13)15)21(16,17)18/h7-9H,3-6H2,1-2H3,(H2,16,17,18). The van der Waals surface area contributed by atoms with Crippen LogP contribution < -0.4 is 9.88 Å². The molecule has 0 atom stereocenters. The zero-order valence-corrected chi connectivity index (χ0v) is 12.8. The maximum atomic E-state index is 13.6. The molecule has 0 aliphatic carbocycles. The van der Waals surface area contributed by atoms with E-state index in [1.807, 2.05) is 0 Å². The highest BCUT2D eigenvalue weighted by molar-refractivity contribution is 7.89. The van der Waals surface area contributed by atoms with E-state index in [1.54, 1.807) is 0 Å². The minimum Gasteiger partial charge on any atom is -0.485 e. The second kappa shape index (κ2) is 7.67. The van der Waals surface area contributed by atoms with Crippen LogP contribution in [0.4, 0.5) is 8.78 Å². The third-order valence-corrected chi connectivity index (χ3v) is 3.51. The molecule has 1 aromatic rings. The van der Waals surface area contributed by atoms with Crippen molar-refractivity contribution in [3.63, 3.8) is 0 Å². The van der Waals surface area contributed by atoms with Gasteiger partial charge in [-0.3, -0.25) is 0 Å². The SMILES string of the molecule is CC(C)CCOCCOc1c(F)cc(S(N)(=O)=O)cc1F. The van der Waals surface area contributed by atoms with Gasteiger partial charge in [-0.1, -0.05) is 13.8 Å². The Labute approximate surface area is 123 Å². The molecule has 1 rings (SSSR count). The summed E-state index contributed by atoms with van der Waals surface area (Å²) in [6.45, 7) is 4.79. The summed E-state index contributed by atoms with van der Waals surface area (Å²) in [6.07, 6.45) is 0.881. The number of ether oxygens (including phenoxy) is 2. The minimum absolute atomic E-state index is 0.0410. The second-order valence-corrected chi connectivity index (χ2v) is 6.47. The van der Waals surface area contributed by atoms with E-state index >= 15 is 0 Å². The number of benzene rings is 1. The van der Waals surface area contributed by atoms with Gasteiger partial charge in [-0.2, -0.15) is 0 Å². The van der Waals surface area contributed by atoms with Gasteiger partial charge in [0.1, 0.15) is 6.61 Å². The lowest BCUT2D eigenvalue weighted by atomic mass is 10.1. The van der Waals surface area contributed by atoms with Gasteiger partial charge in [0.05, 0.1) is 11.5 Å². The van der Waals surface area contributed by atoms with Gasteiger partial charge in [0.2, 0.25) is 10.0 Å². The van der Waals surface area contributed by atoms with Crippen LogP contribution in [0.5, 0.6) is 5.75 Å². The van der Waals surface area contributed by atoms with Crippen LogP contribution in [0.1, 0.15) is 20.3 Å². The molecule has 0 saturated heterocycles. The molecule has 0 heterocycles. The number of halogens is 2. The molecule has 1 aromatic carbocycles. The minimum atomic E-state index is -4.17. The summed E-state index contributed by atoms with van der Waals surface area (Å²) in [4.78, 5) is -0.641. The molecule has 0 unspecified atom stereocenters. The molecule has 5 nitrogen and oxygen atoms in total. The quantitative estimate of drug-likeness (QED) is 0.743. The van der Waals surface area contributed by atoms with Gasteiger partial charge in [0.15, 0.2) is 17.4 Å². The van der Waals surface area contributed by atoms with Crippen LogP contribution >= 0.6 is 0 Å². The van der Waals surface area contributed by atoms with Crippen molar-refractivity contribution in [2.75, 3.05) is 19.8 Å². The van der Waals surface area contributed by atoms with Gasteiger partial charge >= 0.3 is 0 Å². The molecule has 0 radical (unpaired) electrons. The molecule has 0 fully saturated rings. The van der Waals surface area contributed by atoms with E-state index in [0.29, 0.717) is 24.7 Å². The number of sulfonamides is 1. The lowest BCUT2D eigenvalue weighted by Gasteiger charge is -2.10. The monoisotopic (exact) mass is 323 g/mol. The molecule has 0 bridgehead atoms. The normalized spacial score (nSPS) is 11.9. The molecule has 0 aliphatic heterocycles. The number of hydrogen-bond acceptors (Lipinski definition) is 4. The van der Waals surface area contributed by atoms with Crippen molar-refractivity contribution in [2.45, 2.75) is 25.2 Å². The van der Waals surface area contributed by atoms with Crippen molar-refractivity contribution in [1.82, 2.24) is 0 Å². The molecule has 2 N–H and O–H groups in total. The third-order valence-electron chi connectivity index (χ3n) is 2.61. The number of nitrogens with two attached hydrogens (primary N) is 1. The first kappa shape index (κ1) is 17.8. The molecule has 0 aliphatic rings. The number of rotatable bonds is 8. The highest BCUT2D eigenvalue weighted by Gasteiger charge is 2.17. The van der Waals surface area contributed by atoms with E-state index < -0.39 is 32.3 Å². The Morgan fingerprint density at radius 2 is 1.71 bits per heavy atom. The first-order chi connectivity index (χ1) is 9.71. The predicted octanol–water partition coefficient (Wildman–Crippen LogP) is 2.05. The first-order valence-corrected chi connectivity index (χ1v) is 7.99. The van der Waals surface area contributed by atoms with Crippen molar-refractivity contribution in [2.24, 2.45) is 11.1 Å². The Balaban J connectivity index is 2.57. The Morgan fingerprint density at radius 1 is 1.14 bits per heavy atom. The maximum absolute atomic E-state index is 13.6. The number of primary sulfonamides is 1. The molecular formula is C13H19F2NO4S. The van der Waals surface area contributed by atoms with Crippen molar-refractivity contribution < 1.29 is 26.7 Å². The van der Waals surface area contributed by atoms with Crippen molar-refractivity contribution in [3.05, 3.63) is 23.8 Å². The topological polar surface area (TPSA) is 78.6 Å². The van der Waals surface area contributed by atoms with Crippen LogP contribution in [0.2, 0.25) is 0 Å². The van der Waals surface area contributed by atoms with E-state index in [0.717, 1.165) is 6.42 Å². The Morgan fingerprint density at radius 3 is 2.19 bits per heavy atom. The molecule has 0 spiro atoms. The molecule has 8 heteroatoms. The van der Waals surface area contributed by atoms with Crippen LogP contribution in [0.25, 0.3) is 0 Å². The zero-order valence-electron chi connectivity index (χ0n) is 11.9. The van der Waals surface area contributed by atoms with Gasteiger partial charge < -0.3 is 9.47 Å². The van der Waals surface area contributed by atoms with Crippen LogP contribution in [-0.2, 0) is 14.8 Å². The summed E-state index contributed by atoms with van der Waals surface area (Å²) in [5, 5.41) is 4.80. The number of hydrogen-bond donors (Lipinski definition) is 1. The summed E-state index contributed by atoms with van der Waals surface area (Å²) in [5.74, 6) is -2.39. The van der Waals surface area contributed by atoms with Crippen LogP contribution in [-0.4, -0.2) is 28.2 Å². The largest absolute Gasteiger partial charge is 0.485 e. The van der Waals surface area contributed by atoms with Crippen molar-refractivity contribution in [1.29, 1.82) is 0 Å². The fraction of sp³-hybridized carbons (Fsp3) is 0.538. The molecule has 21 heavy (non-hydrogen) atoms. The van der Waals surface area contributed by atoms with E-state index in [-0.39, 0.29) is 13.2 Å². The van der Waals surface area contributed by atoms with E-state index in [4.69, 9.17) is 14.6 Å². The van der Waals surface area contributed by atoms with Crippen LogP contribution in [0.15, 0.2) is 17.0 Å². The molecule has 120 valence electrons. The summed E-state index contributed by atoms with van der Waals surface area (Å²) >= 11 is 0. The summed E-state index contributed by atoms with van der Waals surface area (Å²) < 4.78 is 59.4. The highest BCUT2D eigenvalue weighted by atomic mass is 32.2. The summed E-state index contributed by atoms with van der Waals surface area (Å²) in [6, 6.07) is 1.24. The predicted molar refractivity (Wildman–Crippen MR) is 73.5 cm³/mol. The fourth-order valence-corrected chi connectivity index (χ4v) is 2.00. The summed E-state index contributed by atoms with van der Waals surface area (Å²) in [7, 11) is -4.17. The highest BCUT2D eigenvalue weighted by Crippen LogP contribution is 2.24. The lowest BCUT2D eigenvalue weighted by molar-refractivity contribution is 0.0898. The Kier molecular flexibility index (Phi) is 6.50. The Hall–Kier alpha value is -1.25. The maximum Gasteiger partial charge on any atom is 0.238 e. The zero-order chi connectivity index (χ0) is 16.0. The van der Waals surface area contributed by atoms with Gasteiger partial charge in [-0.25, -0.2) is 22.3 Å². The van der Waals surface area contributed by atoms with E-state index in [2.05, 4.69) is 13.8 Å². The average Bonchev–Trinajstić information content (AvgIpc) is 2.34. The smallest absolute Gasteiger partial charge is 0.238 e. The van der Waals surface area contributed by atoms with E-state index in [9.17, 15) is 17.2 Å². The summed E-state index contributed by atoms with van der Waals surface area (Å²) in [5.41, 5.74) is 0. The molecule has 0 saturated carbocycles. The first-order valence-electron chi connectivity index (χ1n) is 6.44. The van der Waals surface area contributed by atoms with Crippen molar-refractivity contribution in [3.8, 4) is 5.75 Å². The molecule has 0 amide bonds. The second-order valence-electron chi connectivity index (χ2n) is 4.90. The average molecular weight is 323 g/mol.